The Morgan fingerprint density at radius 1 is 0.463 bits per heavy atom. The number of hydrogen-bond acceptors (Lipinski definition) is 3. The van der Waals surface area contributed by atoms with Crippen LogP contribution in [0.5, 0.6) is 0 Å². The molecule has 54 heavy (non-hydrogen) atoms. The van der Waals surface area contributed by atoms with Crippen LogP contribution in [0.3, 0.4) is 0 Å². The van der Waals surface area contributed by atoms with Gasteiger partial charge in [0.25, 0.3) is 0 Å². The Kier molecular flexibility index (Phi) is 10.6. The van der Waals surface area contributed by atoms with Gasteiger partial charge in [-0.2, -0.15) is 0 Å². The molecule has 8 aromatic rings. The standard InChI is InChI=1S/C31H39N2.C18H10NO.Au/c1-20(2)24-13-11-14-25(21(3)4)30(24)32-19-33(29-18-10-9-17-28(29)32)31-26(22(5)6)15-12-16-27(31)23(7)8;1-3-7-14-13(6-1)17-15(19-14)10-9-12-11-5-2-4-8-16(11)20-18(12)17;/h9-23H,1-8H3;1-10H;/q2*-1;. The molecule has 2 aromatic heterocycles. The quantitative estimate of drug-likeness (QED) is 0.123. The molecule has 6 aromatic carbocycles. The number of nitrogens with zero attached hydrogens (tertiary/aromatic N) is 3. The Hall–Kier alpha value is -4.74. The minimum Gasteiger partial charge on any atom is -0.657 e. The van der Waals surface area contributed by atoms with Crippen LogP contribution in [0.1, 0.15) is 101 Å². The van der Waals surface area contributed by atoms with Gasteiger partial charge in [0.2, 0.25) is 0 Å². The molecule has 3 heterocycles. The molecule has 4 nitrogen and oxygen atoms in total. The van der Waals surface area contributed by atoms with Crippen LogP contribution < -0.4 is 14.8 Å². The molecular formula is C49H49AuN3O-2. The van der Waals surface area contributed by atoms with Crippen LogP contribution in [0.2, 0.25) is 0 Å². The second-order valence-electron chi connectivity index (χ2n) is 15.6. The molecule has 0 saturated carbocycles. The zero-order valence-electron chi connectivity index (χ0n) is 32.5. The summed E-state index contributed by atoms with van der Waals surface area (Å²) in [6, 6.07) is 43.1. The molecule has 0 saturated heterocycles. The minimum atomic E-state index is 0. The fourth-order valence-corrected chi connectivity index (χ4v) is 8.09. The van der Waals surface area contributed by atoms with Gasteiger partial charge in [-0.15, -0.1) is 17.7 Å². The van der Waals surface area contributed by atoms with E-state index in [4.69, 9.17) is 4.42 Å². The van der Waals surface area contributed by atoms with Crippen LogP contribution in [0.15, 0.2) is 126 Å². The third-order valence-corrected chi connectivity index (χ3v) is 10.7. The van der Waals surface area contributed by atoms with Gasteiger partial charge in [0.1, 0.15) is 11.2 Å². The number of rotatable bonds is 6. The summed E-state index contributed by atoms with van der Waals surface area (Å²) in [5.41, 5.74) is 14.7. The predicted octanol–water partition coefficient (Wildman–Crippen LogP) is 14.4. The van der Waals surface area contributed by atoms with Crippen molar-refractivity contribution in [2.24, 2.45) is 0 Å². The third-order valence-electron chi connectivity index (χ3n) is 10.7. The maximum atomic E-state index is 6.09. The average Bonchev–Trinajstić information content (AvgIpc) is 3.85. The average molecular weight is 893 g/mol. The van der Waals surface area contributed by atoms with Crippen molar-refractivity contribution in [2.75, 3.05) is 9.80 Å². The Morgan fingerprint density at radius 3 is 1.44 bits per heavy atom. The molecule has 0 fully saturated rings. The van der Waals surface area contributed by atoms with Gasteiger partial charge in [0.15, 0.2) is 0 Å². The Morgan fingerprint density at radius 2 is 0.926 bits per heavy atom. The number of aromatic nitrogens is 1. The first-order valence-corrected chi connectivity index (χ1v) is 19.2. The number of benzene rings is 6. The van der Waals surface area contributed by atoms with Crippen molar-refractivity contribution >= 4 is 66.5 Å². The van der Waals surface area contributed by atoms with Gasteiger partial charge < -0.3 is 19.2 Å². The molecule has 0 atom stereocenters. The number of furan rings is 1. The number of fused-ring (bicyclic) bond motifs is 8. The number of hydrogen-bond donors (Lipinski definition) is 0. The Bertz CT molecular complexity index is 2450. The molecule has 0 spiro atoms. The summed E-state index contributed by atoms with van der Waals surface area (Å²) in [4.78, 5) is 9.57. The summed E-state index contributed by atoms with van der Waals surface area (Å²) >= 11 is 0. The molecule has 279 valence electrons. The van der Waals surface area contributed by atoms with Crippen molar-refractivity contribution in [3.63, 3.8) is 0 Å². The van der Waals surface area contributed by atoms with Crippen LogP contribution >= 0.6 is 0 Å². The van der Waals surface area contributed by atoms with Gasteiger partial charge in [0.05, 0.1) is 0 Å². The normalized spacial score (nSPS) is 12.8. The zero-order chi connectivity index (χ0) is 37.0. The maximum Gasteiger partial charge on any atom is 0.141 e. The van der Waals surface area contributed by atoms with Crippen molar-refractivity contribution in [1.29, 1.82) is 0 Å². The number of para-hydroxylation sites is 6. The van der Waals surface area contributed by atoms with E-state index >= 15 is 0 Å². The fraction of sp³-hybridized carbons (Fsp3) is 0.245. The van der Waals surface area contributed by atoms with E-state index in [9.17, 15) is 0 Å². The fourth-order valence-electron chi connectivity index (χ4n) is 8.09. The van der Waals surface area contributed by atoms with Crippen molar-refractivity contribution in [3.05, 3.63) is 150 Å². The molecular weight excluding hydrogens is 844 g/mol. The monoisotopic (exact) mass is 892 g/mol. The van der Waals surface area contributed by atoms with Gasteiger partial charge in [-0.1, -0.05) is 159 Å². The minimum absolute atomic E-state index is 0. The van der Waals surface area contributed by atoms with E-state index in [1.807, 2.05) is 36.4 Å². The molecule has 0 amide bonds. The third kappa shape index (κ3) is 6.45. The smallest absolute Gasteiger partial charge is 0.141 e. The largest absolute Gasteiger partial charge is 0.657 e. The van der Waals surface area contributed by atoms with Crippen LogP contribution in [-0.2, 0) is 22.4 Å². The summed E-state index contributed by atoms with van der Waals surface area (Å²) in [7, 11) is 0. The molecule has 1 aliphatic heterocycles. The van der Waals surface area contributed by atoms with Crippen molar-refractivity contribution < 1.29 is 26.8 Å². The maximum absolute atomic E-state index is 6.09. The zero-order valence-corrected chi connectivity index (χ0v) is 34.7. The Labute approximate surface area is 335 Å². The Balaban J connectivity index is 0.000000182. The molecule has 0 N–H and O–H groups in total. The van der Waals surface area contributed by atoms with E-state index in [0.29, 0.717) is 23.7 Å². The molecule has 1 radical (unpaired) electrons. The van der Waals surface area contributed by atoms with Crippen molar-refractivity contribution in [3.8, 4) is 0 Å². The molecule has 9 rings (SSSR count). The van der Waals surface area contributed by atoms with Crippen LogP contribution in [-0.4, -0.2) is 0 Å². The molecule has 1 aliphatic rings. The summed E-state index contributed by atoms with van der Waals surface area (Å²) in [6.45, 7) is 20.7. The molecule has 5 heteroatoms. The molecule has 0 aliphatic carbocycles. The topological polar surface area (TPSA) is 33.7 Å². The van der Waals surface area contributed by atoms with E-state index in [1.54, 1.807) is 0 Å². The van der Waals surface area contributed by atoms with Crippen LogP contribution in [0.25, 0.3) is 43.7 Å². The first kappa shape index (κ1) is 37.6. The summed E-state index contributed by atoms with van der Waals surface area (Å²) in [6.07, 6.45) is 0. The van der Waals surface area contributed by atoms with E-state index < -0.39 is 0 Å². The van der Waals surface area contributed by atoms with Gasteiger partial charge in [-0.3, -0.25) is 0 Å². The van der Waals surface area contributed by atoms with Crippen LogP contribution in [0.4, 0.5) is 22.7 Å². The van der Waals surface area contributed by atoms with Gasteiger partial charge in [0, 0.05) is 61.3 Å². The number of anilines is 4. The van der Waals surface area contributed by atoms with Gasteiger partial charge in [-0.05, 0) is 69.5 Å². The summed E-state index contributed by atoms with van der Waals surface area (Å²) < 4.78 is 6.09. The first-order valence-electron chi connectivity index (χ1n) is 19.2. The second kappa shape index (κ2) is 15.2. The van der Waals surface area contributed by atoms with Gasteiger partial charge >= 0.3 is 0 Å². The summed E-state index contributed by atoms with van der Waals surface area (Å²) in [5.74, 6) is 1.79. The van der Waals surface area contributed by atoms with Crippen molar-refractivity contribution in [2.45, 2.75) is 79.1 Å². The van der Waals surface area contributed by atoms with E-state index in [1.165, 1.54) is 45.0 Å². The SMILES string of the molecule is CC(C)c1cccc(C(C)C)c1N1[CH-]N(c2c(C(C)C)cccc2C(C)C)c2ccccc21.[Au].c1ccc2c(c1)[n-]c1ccc3c4ccccc4oc3c12. The first-order chi connectivity index (χ1) is 25.6. The van der Waals surface area contributed by atoms with Crippen molar-refractivity contribution in [1.82, 2.24) is 4.98 Å². The van der Waals surface area contributed by atoms with E-state index in [-0.39, 0.29) is 22.4 Å². The van der Waals surface area contributed by atoms with E-state index in [2.05, 4.69) is 162 Å². The second-order valence-corrected chi connectivity index (χ2v) is 15.6. The van der Waals surface area contributed by atoms with Gasteiger partial charge in [-0.25, -0.2) is 0 Å². The predicted molar refractivity (Wildman–Crippen MR) is 226 cm³/mol. The molecule has 0 bridgehead atoms. The van der Waals surface area contributed by atoms with Crippen LogP contribution in [0, 0.1) is 6.67 Å². The van der Waals surface area contributed by atoms with E-state index in [0.717, 1.165) is 43.7 Å². The molecule has 0 unspecified atom stereocenters. The summed E-state index contributed by atoms with van der Waals surface area (Å²) in [5, 5.41) is 4.60.